The second kappa shape index (κ2) is 9.25. The third-order valence-electron chi connectivity index (χ3n) is 8.28. The van der Waals surface area contributed by atoms with E-state index in [1.807, 2.05) is 56.1 Å². The summed E-state index contributed by atoms with van der Waals surface area (Å²) in [4.78, 5) is 23.3. The van der Waals surface area contributed by atoms with Gasteiger partial charge in [-0.2, -0.15) is 5.26 Å². The summed E-state index contributed by atoms with van der Waals surface area (Å²) in [6, 6.07) is 10.6. The van der Waals surface area contributed by atoms with Crippen molar-refractivity contribution in [1.82, 2.24) is 9.88 Å². The molecule has 3 aromatic rings. The summed E-state index contributed by atoms with van der Waals surface area (Å²) in [5.74, 6) is 0. The fraction of sp³-hybridized carbons (Fsp3) is 0.500. The van der Waals surface area contributed by atoms with Gasteiger partial charge in [-0.15, -0.1) is 11.3 Å². The number of likely N-dealkylation sites (tertiary alicyclic amines) is 1. The first-order chi connectivity index (χ1) is 18.2. The molecule has 3 aliphatic rings. The van der Waals surface area contributed by atoms with Gasteiger partial charge in [-0.1, -0.05) is 0 Å². The van der Waals surface area contributed by atoms with E-state index in [0.29, 0.717) is 12.1 Å². The van der Waals surface area contributed by atoms with Gasteiger partial charge in [0, 0.05) is 52.6 Å². The number of ether oxygens (including phenoxy) is 1. The lowest BCUT2D eigenvalue weighted by Gasteiger charge is -2.45. The number of aliphatic hydroxyl groups is 1. The average Bonchev–Trinajstić information content (AvgIpc) is 3.49. The smallest absolute Gasteiger partial charge is 0.410 e. The van der Waals surface area contributed by atoms with Crippen LogP contribution in [0.5, 0.6) is 0 Å². The topological polar surface area (TPSA) is 89.7 Å². The lowest BCUT2D eigenvalue weighted by atomic mass is 9.74. The maximum absolute atomic E-state index is 13.3. The number of thiophene rings is 1. The molecule has 1 aromatic carbocycles. The number of anilines is 1. The van der Waals surface area contributed by atoms with Crippen LogP contribution in [-0.4, -0.2) is 51.4 Å². The number of hydrogen-bond acceptors (Lipinski definition) is 7. The number of nitrogens with zero attached hydrogens (tertiary/aromatic N) is 4. The molecule has 1 N–H and O–H groups in total. The van der Waals surface area contributed by atoms with Crippen molar-refractivity contribution in [3.05, 3.63) is 46.5 Å². The van der Waals surface area contributed by atoms with Crippen LogP contribution in [0.4, 0.5) is 10.5 Å². The number of benzene rings is 1. The Morgan fingerprint density at radius 1 is 1.26 bits per heavy atom. The summed E-state index contributed by atoms with van der Waals surface area (Å²) in [5.41, 5.74) is 5.31. The van der Waals surface area contributed by atoms with E-state index in [1.165, 1.54) is 11.3 Å². The molecule has 1 atom stereocenters. The van der Waals surface area contributed by atoms with Crippen molar-refractivity contribution in [1.29, 1.82) is 5.26 Å². The highest BCUT2D eigenvalue weighted by Gasteiger charge is 2.54. The first-order valence-corrected chi connectivity index (χ1v) is 14.4. The molecule has 4 heterocycles. The molecule has 2 aromatic heterocycles. The molecule has 2 aliphatic heterocycles. The minimum atomic E-state index is -0.528. The van der Waals surface area contributed by atoms with Gasteiger partial charge in [-0.3, -0.25) is 4.98 Å². The summed E-state index contributed by atoms with van der Waals surface area (Å²) in [5, 5.41) is 19.6. The molecule has 1 amide bonds. The quantitative estimate of drug-likeness (QED) is 0.446. The van der Waals surface area contributed by atoms with E-state index in [9.17, 15) is 15.2 Å². The van der Waals surface area contributed by atoms with Gasteiger partial charge < -0.3 is 19.6 Å². The second-order valence-electron chi connectivity index (χ2n) is 11.9. The lowest BCUT2D eigenvalue weighted by molar-refractivity contribution is -0.00979. The molecule has 0 radical (unpaired) electrons. The number of amides is 1. The van der Waals surface area contributed by atoms with Crippen LogP contribution in [0.15, 0.2) is 30.5 Å². The molecule has 2 fully saturated rings. The molecule has 1 saturated carbocycles. The van der Waals surface area contributed by atoms with Gasteiger partial charge in [0.2, 0.25) is 0 Å². The average molecular weight is 531 g/mol. The van der Waals surface area contributed by atoms with Crippen molar-refractivity contribution in [2.45, 2.75) is 83.1 Å². The van der Waals surface area contributed by atoms with Crippen molar-refractivity contribution in [3.8, 4) is 17.2 Å². The second-order valence-corrected chi connectivity index (χ2v) is 13.0. The van der Waals surface area contributed by atoms with Crippen LogP contribution in [0.25, 0.3) is 21.3 Å². The number of aliphatic hydroxyl groups excluding tert-OH is 1. The van der Waals surface area contributed by atoms with Crippen molar-refractivity contribution >= 4 is 33.3 Å². The number of carbonyl (C=O) groups is 1. The summed E-state index contributed by atoms with van der Waals surface area (Å²) in [7, 11) is 0. The van der Waals surface area contributed by atoms with E-state index in [-0.39, 0.29) is 24.3 Å². The maximum Gasteiger partial charge on any atom is 0.410 e. The highest BCUT2D eigenvalue weighted by Crippen LogP contribution is 2.50. The first kappa shape index (κ1) is 25.1. The van der Waals surface area contributed by atoms with Gasteiger partial charge in [-0.25, -0.2) is 4.79 Å². The molecule has 1 spiro atoms. The highest BCUT2D eigenvalue weighted by atomic mass is 32.1. The van der Waals surface area contributed by atoms with Crippen LogP contribution in [0.1, 0.15) is 68.9 Å². The number of pyridine rings is 1. The van der Waals surface area contributed by atoms with Crippen LogP contribution >= 0.6 is 11.3 Å². The minimum absolute atomic E-state index is 0.0202. The number of aryl methyl sites for hydroxylation is 1. The molecule has 7 nitrogen and oxygen atoms in total. The zero-order valence-electron chi connectivity index (χ0n) is 22.3. The van der Waals surface area contributed by atoms with Crippen LogP contribution < -0.4 is 4.90 Å². The Morgan fingerprint density at radius 3 is 2.76 bits per heavy atom. The zero-order valence-corrected chi connectivity index (χ0v) is 23.1. The fourth-order valence-electron chi connectivity index (χ4n) is 6.56. The molecular formula is C30H34N4O3S. The summed E-state index contributed by atoms with van der Waals surface area (Å²) in [6.07, 6.45) is 7.65. The number of fused-ring (bicyclic) bond motifs is 2. The molecule has 38 heavy (non-hydrogen) atoms. The number of carbonyl (C=O) groups excluding carboxylic acids is 1. The minimum Gasteiger partial charge on any atom is -0.444 e. The molecule has 0 bridgehead atoms. The van der Waals surface area contributed by atoms with Gasteiger partial charge in [0.1, 0.15) is 5.60 Å². The highest BCUT2D eigenvalue weighted by molar-refractivity contribution is 7.19. The van der Waals surface area contributed by atoms with Gasteiger partial charge in [0.25, 0.3) is 0 Å². The SMILES string of the molecule is CC(C)(C)OC(=O)N1CC(N2CCCc3cc(C#N)cc(-c4ccnc5cc(CO)sc45)c32)CC12CCC2. The lowest BCUT2D eigenvalue weighted by Crippen LogP contribution is -2.53. The van der Waals surface area contributed by atoms with Gasteiger partial charge in [0.05, 0.1) is 28.5 Å². The third kappa shape index (κ3) is 4.22. The predicted octanol–water partition coefficient (Wildman–Crippen LogP) is 6.01. The number of hydrogen-bond donors (Lipinski definition) is 1. The Labute approximate surface area is 227 Å². The molecular weight excluding hydrogens is 496 g/mol. The summed E-state index contributed by atoms with van der Waals surface area (Å²) >= 11 is 1.56. The largest absolute Gasteiger partial charge is 0.444 e. The van der Waals surface area contributed by atoms with Crippen molar-refractivity contribution in [3.63, 3.8) is 0 Å². The van der Waals surface area contributed by atoms with Crippen LogP contribution in [0.2, 0.25) is 0 Å². The number of nitriles is 1. The molecule has 1 saturated heterocycles. The molecule has 8 heteroatoms. The van der Waals surface area contributed by atoms with E-state index in [2.05, 4.69) is 16.0 Å². The van der Waals surface area contributed by atoms with E-state index < -0.39 is 5.60 Å². The van der Waals surface area contributed by atoms with Crippen LogP contribution in [0, 0.1) is 11.3 Å². The molecule has 1 aliphatic carbocycles. The monoisotopic (exact) mass is 530 g/mol. The van der Waals surface area contributed by atoms with E-state index >= 15 is 0 Å². The standard InChI is InChI=1S/C30H34N4O3S/c1-29(2,3)37-28(36)34-17-21(15-30(34)8-5-9-30)33-11-4-6-20-12-19(16-31)13-24(26(20)33)23-7-10-32-25-14-22(18-35)38-27(23)25/h7,10,12-14,21,35H,4-6,8-9,11,15,17-18H2,1-3H3. The zero-order chi connectivity index (χ0) is 26.7. The van der Waals surface area contributed by atoms with Gasteiger partial charge in [0.15, 0.2) is 0 Å². The maximum atomic E-state index is 13.3. The van der Waals surface area contributed by atoms with Gasteiger partial charge in [-0.05, 0) is 89.1 Å². The first-order valence-electron chi connectivity index (χ1n) is 13.5. The van der Waals surface area contributed by atoms with Crippen molar-refractivity contribution in [2.24, 2.45) is 0 Å². The predicted molar refractivity (Wildman–Crippen MR) is 149 cm³/mol. The Kier molecular flexibility index (Phi) is 6.12. The van der Waals surface area contributed by atoms with E-state index in [4.69, 9.17) is 4.74 Å². The van der Waals surface area contributed by atoms with E-state index in [1.54, 1.807) is 11.3 Å². The Balaban J connectivity index is 1.44. The number of rotatable bonds is 3. The Morgan fingerprint density at radius 2 is 2.08 bits per heavy atom. The van der Waals surface area contributed by atoms with Crippen molar-refractivity contribution in [2.75, 3.05) is 18.0 Å². The summed E-state index contributed by atoms with van der Waals surface area (Å²) in [6.45, 7) is 7.31. The van der Waals surface area contributed by atoms with Gasteiger partial charge >= 0.3 is 6.09 Å². The van der Waals surface area contributed by atoms with Crippen LogP contribution in [0.3, 0.4) is 0 Å². The third-order valence-corrected chi connectivity index (χ3v) is 9.42. The van der Waals surface area contributed by atoms with Crippen LogP contribution in [-0.2, 0) is 17.8 Å². The molecule has 6 rings (SSSR count). The fourth-order valence-corrected chi connectivity index (χ4v) is 7.56. The summed E-state index contributed by atoms with van der Waals surface area (Å²) < 4.78 is 6.87. The molecule has 198 valence electrons. The Hall–Kier alpha value is -3.15. The van der Waals surface area contributed by atoms with E-state index in [0.717, 1.165) is 71.3 Å². The molecule has 1 unspecified atom stereocenters. The number of aromatic nitrogens is 1. The van der Waals surface area contributed by atoms with Crippen molar-refractivity contribution < 1.29 is 14.6 Å². The Bertz CT molecular complexity index is 1450. The normalized spacial score (nSPS) is 20.3.